The van der Waals surface area contributed by atoms with E-state index in [9.17, 15) is 0 Å². The third kappa shape index (κ3) is 2.68. The van der Waals surface area contributed by atoms with E-state index in [0.29, 0.717) is 0 Å². The molecule has 2 heterocycles. The Labute approximate surface area is 118 Å². The van der Waals surface area contributed by atoms with Gasteiger partial charge < -0.3 is 5.32 Å². The van der Waals surface area contributed by atoms with Crippen LogP contribution in [0.3, 0.4) is 0 Å². The molecule has 0 fully saturated rings. The fourth-order valence-corrected chi connectivity index (χ4v) is 2.34. The molecule has 3 aromatic rings. The molecule has 100 valence electrons. The number of para-hydroxylation sites is 1. The average molecular weight is 263 g/mol. The van der Waals surface area contributed by atoms with Crippen LogP contribution in [0.5, 0.6) is 0 Å². The minimum absolute atomic E-state index is 0.289. The van der Waals surface area contributed by atoms with Crippen molar-refractivity contribution in [3.63, 3.8) is 0 Å². The summed E-state index contributed by atoms with van der Waals surface area (Å²) in [7, 11) is 0. The Hall–Kier alpha value is -2.26. The summed E-state index contributed by atoms with van der Waals surface area (Å²) in [5.41, 5.74) is 3.54. The SMILES string of the molecule is CC(NCc1cccc2cccnc12)c1ccncc1. The van der Waals surface area contributed by atoms with Gasteiger partial charge in [0.25, 0.3) is 0 Å². The van der Waals surface area contributed by atoms with Crippen molar-refractivity contribution < 1.29 is 0 Å². The fraction of sp³-hybridized carbons (Fsp3) is 0.176. The van der Waals surface area contributed by atoms with Gasteiger partial charge in [-0.15, -0.1) is 0 Å². The van der Waals surface area contributed by atoms with Crippen molar-refractivity contribution in [1.29, 1.82) is 0 Å². The van der Waals surface area contributed by atoms with E-state index in [1.165, 1.54) is 16.5 Å². The molecule has 3 heteroatoms. The first-order valence-electron chi connectivity index (χ1n) is 6.80. The summed E-state index contributed by atoms with van der Waals surface area (Å²) in [5.74, 6) is 0. The van der Waals surface area contributed by atoms with Gasteiger partial charge in [-0.3, -0.25) is 9.97 Å². The Balaban J connectivity index is 1.77. The van der Waals surface area contributed by atoms with E-state index in [0.717, 1.165) is 12.1 Å². The Morgan fingerprint density at radius 3 is 2.65 bits per heavy atom. The molecule has 1 unspecified atom stereocenters. The first-order chi connectivity index (χ1) is 9.84. The van der Waals surface area contributed by atoms with Crippen LogP contribution in [-0.4, -0.2) is 9.97 Å². The van der Waals surface area contributed by atoms with Crippen molar-refractivity contribution in [3.8, 4) is 0 Å². The number of rotatable bonds is 4. The first kappa shape index (κ1) is 12.8. The van der Waals surface area contributed by atoms with E-state index in [2.05, 4.69) is 46.5 Å². The summed E-state index contributed by atoms with van der Waals surface area (Å²) in [5, 5.41) is 4.72. The lowest BCUT2D eigenvalue weighted by molar-refractivity contribution is 0.575. The zero-order valence-electron chi connectivity index (χ0n) is 11.5. The van der Waals surface area contributed by atoms with E-state index in [4.69, 9.17) is 0 Å². The number of benzene rings is 1. The average Bonchev–Trinajstić information content (AvgIpc) is 2.53. The Morgan fingerprint density at radius 1 is 1.00 bits per heavy atom. The predicted molar refractivity (Wildman–Crippen MR) is 81.2 cm³/mol. The molecule has 2 aromatic heterocycles. The van der Waals surface area contributed by atoms with Crippen LogP contribution in [0.15, 0.2) is 61.1 Å². The number of aromatic nitrogens is 2. The number of nitrogens with zero attached hydrogens (tertiary/aromatic N) is 2. The van der Waals surface area contributed by atoms with Gasteiger partial charge in [-0.25, -0.2) is 0 Å². The van der Waals surface area contributed by atoms with Gasteiger partial charge in [0, 0.05) is 36.6 Å². The number of pyridine rings is 2. The van der Waals surface area contributed by atoms with E-state index < -0.39 is 0 Å². The van der Waals surface area contributed by atoms with Gasteiger partial charge in [0.1, 0.15) is 0 Å². The normalized spacial score (nSPS) is 12.4. The van der Waals surface area contributed by atoms with Gasteiger partial charge in [-0.2, -0.15) is 0 Å². The van der Waals surface area contributed by atoms with E-state index in [1.54, 1.807) is 0 Å². The molecule has 3 nitrogen and oxygen atoms in total. The van der Waals surface area contributed by atoms with Gasteiger partial charge >= 0.3 is 0 Å². The second kappa shape index (κ2) is 5.80. The van der Waals surface area contributed by atoms with E-state index in [1.807, 2.05) is 36.8 Å². The minimum Gasteiger partial charge on any atom is -0.306 e. The van der Waals surface area contributed by atoms with Crippen LogP contribution in [0.1, 0.15) is 24.1 Å². The van der Waals surface area contributed by atoms with Crippen LogP contribution in [0.4, 0.5) is 0 Å². The summed E-state index contributed by atoms with van der Waals surface area (Å²) in [6.45, 7) is 2.96. The summed E-state index contributed by atoms with van der Waals surface area (Å²) >= 11 is 0. The van der Waals surface area contributed by atoms with Gasteiger partial charge in [0.2, 0.25) is 0 Å². The topological polar surface area (TPSA) is 37.8 Å². The minimum atomic E-state index is 0.289. The third-order valence-electron chi connectivity index (χ3n) is 3.52. The first-order valence-corrected chi connectivity index (χ1v) is 6.80. The Bertz CT molecular complexity index is 689. The monoisotopic (exact) mass is 263 g/mol. The quantitative estimate of drug-likeness (QED) is 0.783. The molecule has 0 aliphatic rings. The summed E-state index contributed by atoms with van der Waals surface area (Å²) in [4.78, 5) is 8.53. The Kier molecular flexibility index (Phi) is 3.70. The fourth-order valence-electron chi connectivity index (χ4n) is 2.34. The molecule has 0 saturated heterocycles. The maximum Gasteiger partial charge on any atom is 0.0746 e. The van der Waals surface area contributed by atoms with Gasteiger partial charge in [-0.1, -0.05) is 24.3 Å². The second-order valence-corrected chi connectivity index (χ2v) is 4.88. The molecule has 0 bridgehead atoms. The molecule has 0 spiro atoms. The highest BCUT2D eigenvalue weighted by molar-refractivity contribution is 5.81. The molecular formula is C17H17N3. The largest absolute Gasteiger partial charge is 0.306 e. The van der Waals surface area contributed by atoms with Crippen molar-refractivity contribution in [2.75, 3.05) is 0 Å². The third-order valence-corrected chi connectivity index (χ3v) is 3.52. The zero-order chi connectivity index (χ0) is 13.8. The highest BCUT2D eigenvalue weighted by Gasteiger charge is 2.06. The molecule has 0 aliphatic carbocycles. The summed E-state index contributed by atoms with van der Waals surface area (Å²) in [6.07, 6.45) is 5.50. The maximum absolute atomic E-state index is 4.48. The van der Waals surface area contributed by atoms with Crippen LogP contribution in [-0.2, 0) is 6.54 Å². The number of fused-ring (bicyclic) bond motifs is 1. The Morgan fingerprint density at radius 2 is 1.80 bits per heavy atom. The van der Waals surface area contributed by atoms with Crippen molar-refractivity contribution in [2.24, 2.45) is 0 Å². The molecule has 3 rings (SSSR count). The van der Waals surface area contributed by atoms with Gasteiger partial charge in [0.05, 0.1) is 5.52 Å². The van der Waals surface area contributed by atoms with Crippen molar-refractivity contribution in [1.82, 2.24) is 15.3 Å². The van der Waals surface area contributed by atoms with Crippen molar-refractivity contribution in [2.45, 2.75) is 19.5 Å². The standard InChI is InChI=1S/C17H17N3/c1-13(14-7-10-18-11-8-14)20-12-16-5-2-4-15-6-3-9-19-17(15)16/h2-11,13,20H,12H2,1H3. The van der Waals surface area contributed by atoms with Gasteiger partial charge in [0.15, 0.2) is 0 Å². The van der Waals surface area contributed by atoms with Crippen LogP contribution >= 0.6 is 0 Å². The lowest BCUT2D eigenvalue weighted by atomic mass is 10.1. The highest BCUT2D eigenvalue weighted by atomic mass is 14.9. The van der Waals surface area contributed by atoms with Crippen molar-refractivity contribution >= 4 is 10.9 Å². The van der Waals surface area contributed by atoms with Crippen LogP contribution in [0.25, 0.3) is 10.9 Å². The smallest absolute Gasteiger partial charge is 0.0746 e. The second-order valence-electron chi connectivity index (χ2n) is 4.88. The van der Waals surface area contributed by atoms with Gasteiger partial charge in [-0.05, 0) is 36.2 Å². The van der Waals surface area contributed by atoms with Crippen LogP contribution in [0, 0.1) is 0 Å². The number of hydrogen-bond donors (Lipinski definition) is 1. The number of nitrogens with one attached hydrogen (secondary N) is 1. The van der Waals surface area contributed by atoms with Crippen LogP contribution in [0.2, 0.25) is 0 Å². The maximum atomic E-state index is 4.48. The predicted octanol–water partition coefficient (Wildman–Crippen LogP) is 3.48. The highest BCUT2D eigenvalue weighted by Crippen LogP contribution is 2.17. The van der Waals surface area contributed by atoms with E-state index >= 15 is 0 Å². The molecule has 0 aliphatic heterocycles. The van der Waals surface area contributed by atoms with Crippen molar-refractivity contribution in [3.05, 3.63) is 72.2 Å². The molecule has 0 saturated carbocycles. The molecular weight excluding hydrogens is 246 g/mol. The lowest BCUT2D eigenvalue weighted by Crippen LogP contribution is -2.18. The van der Waals surface area contributed by atoms with Crippen LogP contribution < -0.4 is 5.32 Å². The summed E-state index contributed by atoms with van der Waals surface area (Å²) in [6, 6.07) is 14.7. The molecule has 1 aromatic carbocycles. The number of hydrogen-bond acceptors (Lipinski definition) is 3. The molecule has 1 N–H and O–H groups in total. The molecule has 20 heavy (non-hydrogen) atoms. The lowest BCUT2D eigenvalue weighted by Gasteiger charge is -2.14. The molecule has 0 amide bonds. The molecule has 0 radical (unpaired) electrons. The summed E-state index contributed by atoms with van der Waals surface area (Å²) < 4.78 is 0. The van der Waals surface area contributed by atoms with E-state index in [-0.39, 0.29) is 6.04 Å². The molecule has 1 atom stereocenters. The zero-order valence-corrected chi connectivity index (χ0v) is 11.5.